The van der Waals surface area contributed by atoms with Crippen LogP contribution >= 0.6 is 6.12 Å². The summed E-state index contributed by atoms with van der Waals surface area (Å²) in [6, 6.07) is 18.5. The van der Waals surface area contributed by atoms with Crippen molar-refractivity contribution in [2.45, 2.75) is 27.7 Å². The van der Waals surface area contributed by atoms with Crippen LogP contribution in [0.25, 0.3) is 0 Å². The number of hydrogen-bond donors (Lipinski definition) is 0. The van der Waals surface area contributed by atoms with Crippen molar-refractivity contribution in [2.24, 2.45) is 0 Å². The molecule has 0 aliphatic carbocycles. The number of rotatable bonds is 4. The fourth-order valence-electron chi connectivity index (χ4n) is 1.24. The summed E-state index contributed by atoms with van der Waals surface area (Å²) < 4.78 is 11.0. The van der Waals surface area contributed by atoms with E-state index in [1.165, 1.54) is 0 Å². The van der Waals surface area contributed by atoms with Crippen molar-refractivity contribution >= 4 is 56.5 Å². The van der Waals surface area contributed by atoms with E-state index in [4.69, 9.17) is 33.5 Å². The number of benzene rings is 2. The Labute approximate surface area is 177 Å². The number of hydrogen-bond acceptors (Lipinski definition) is 4. The fraction of sp³-hybridized carbons (Fsp3) is 0.222. The average Bonchev–Trinajstić information content (AvgIpc) is 2.50. The molecule has 4 radical (unpaired) electrons. The average molecular weight is 482 g/mol. The van der Waals surface area contributed by atoms with E-state index >= 15 is 0 Å². The van der Waals surface area contributed by atoms with Crippen LogP contribution in [0, 0.1) is 12.8 Å². The SMILES string of the molecule is C[CH]C.C[CH]C.[In+].[S-][P+]([S-])(Oc1ccccc1)Oc1ccccc1. The molecule has 0 unspecified atom stereocenters. The smallest absolute Gasteiger partial charge is 0.496 e. The summed E-state index contributed by atoms with van der Waals surface area (Å²) >= 11 is 10.4. The van der Waals surface area contributed by atoms with Gasteiger partial charge in [-0.3, -0.25) is 0 Å². The molecule has 0 saturated heterocycles. The zero-order chi connectivity index (χ0) is 17.6. The maximum absolute atomic E-state index is 5.52. The summed E-state index contributed by atoms with van der Waals surface area (Å²) in [7, 11) is 0. The second-order valence-electron chi connectivity index (χ2n) is 4.41. The molecule has 0 spiro atoms. The molecule has 2 rings (SSSR count). The molecule has 0 aromatic heterocycles. The Kier molecular flexibility index (Phi) is 18.1. The minimum atomic E-state index is -2.72. The molecule has 0 saturated carbocycles. The van der Waals surface area contributed by atoms with Crippen molar-refractivity contribution in [3.63, 3.8) is 0 Å². The zero-order valence-corrected chi connectivity index (χ0v) is 20.4. The van der Waals surface area contributed by atoms with E-state index in [1.807, 2.05) is 101 Å². The van der Waals surface area contributed by atoms with Crippen molar-refractivity contribution in [3.8, 4) is 11.5 Å². The molecule has 128 valence electrons. The van der Waals surface area contributed by atoms with Gasteiger partial charge in [0.2, 0.25) is 0 Å². The van der Waals surface area contributed by atoms with Crippen molar-refractivity contribution < 1.29 is 9.05 Å². The Balaban J connectivity index is 0. The van der Waals surface area contributed by atoms with Crippen LogP contribution in [0.5, 0.6) is 11.5 Å². The molecule has 0 aliphatic rings. The van der Waals surface area contributed by atoms with Gasteiger partial charge in [-0.05, 0) is 37.1 Å². The quantitative estimate of drug-likeness (QED) is 0.393. The monoisotopic (exact) mass is 482 g/mol. The van der Waals surface area contributed by atoms with Crippen molar-refractivity contribution in [3.05, 3.63) is 73.5 Å². The van der Waals surface area contributed by atoms with E-state index in [2.05, 4.69) is 0 Å². The molecule has 24 heavy (non-hydrogen) atoms. The van der Waals surface area contributed by atoms with E-state index in [0.717, 1.165) is 0 Å². The number of para-hydroxylation sites is 2. The van der Waals surface area contributed by atoms with Crippen LogP contribution in [0.3, 0.4) is 0 Å². The van der Waals surface area contributed by atoms with Crippen molar-refractivity contribution in [1.82, 2.24) is 0 Å². The van der Waals surface area contributed by atoms with Gasteiger partial charge in [0, 0.05) is 0 Å². The third-order valence-electron chi connectivity index (χ3n) is 1.92. The molecule has 0 fully saturated rings. The van der Waals surface area contributed by atoms with Crippen LogP contribution in [0.4, 0.5) is 0 Å². The van der Waals surface area contributed by atoms with Gasteiger partial charge in [0.1, 0.15) is 6.12 Å². The summed E-state index contributed by atoms with van der Waals surface area (Å²) in [6.07, 6.45) is 1.28. The molecular formula is C18H24InO2PS2. The molecule has 2 aromatic carbocycles. The van der Waals surface area contributed by atoms with Gasteiger partial charge in [-0.2, -0.15) is 0 Å². The maximum atomic E-state index is 5.52. The Hall–Kier alpha value is 0.0401. The van der Waals surface area contributed by atoms with Crippen LogP contribution in [0.15, 0.2) is 60.7 Å². The van der Waals surface area contributed by atoms with E-state index in [9.17, 15) is 0 Å². The van der Waals surface area contributed by atoms with Gasteiger partial charge in [0.15, 0.2) is 11.5 Å². The normalized spacial score (nSPS) is 9.25. The van der Waals surface area contributed by atoms with E-state index in [1.54, 1.807) is 0 Å². The predicted molar refractivity (Wildman–Crippen MR) is 113 cm³/mol. The van der Waals surface area contributed by atoms with Crippen LogP contribution in [0.1, 0.15) is 27.7 Å². The minimum Gasteiger partial charge on any atom is -0.496 e. The molecule has 6 heteroatoms. The van der Waals surface area contributed by atoms with Crippen LogP contribution in [-0.4, -0.2) is 25.8 Å². The van der Waals surface area contributed by atoms with Gasteiger partial charge < -0.3 is 33.5 Å². The van der Waals surface area contributed by atoms with Gasteiger partial charge >= 0.3 is 25.8 Å². The van der Waals surface area contributed by atoms with E-state index in [-0.39, 0.29) is 25.8 Å². The third kappa shape index (κ3) is 14.4. The molecular weight excluding hydrogens is 458 g/mol. The first-order valence-corrected chi connectivity index (χ1v) is 10.9. The van der Waals surface area contributed by atoms with E-state index < -0.39 is 6.12 Å². The van der Waals surface area contributed by atoms with Gasteiger partial charge in [0.05, 0.1) is 0 Å². The fourth-order valence-corrected chi connectivity index (χ4v) is 3.07. The molecule has 2 nitrogen and oxygen atoms in total. The minimum absolute atomic E-state index is 0. The first-order chi connectivity index (χ1) is 11.0. The predicted octanol–water partition coefficient (Wildman–Crippen LogP) is 6.00. The molecule has 0 heterocycles. The molecule has 0 bridgehead atoms. The maximum Gasteiger partial charge on any atom is 1.00 e. The zero-order valence-electron chi connectivity index (χ0n) is 14.6. The molecule has 2 aromatic rings. The summed E-state index contributed by atoms with van der Waals surface area (Å²) in [5.41, 5.74) is 0. The van der Waals surface area contributed by atoms with Crippen LogP contribution in [-0.2, 0) is 24.5 Å². The Bertz CT molecular complexity index is 453. The summed E-state index contributed by atoms with van der Waals surface area (Å²) in [6.45, 7) is 8.00. The topological polar surface area (TPSA) is 18.5 Å². The first-order valence-electron chi connectivity index (χ1n) is 7.27. The summed E-state index contributed by atoms with van der Waals surface area (Å²) in [5.74, 6) is 1.28. The third-order valence-corrected chi connectivity index (χ3v) is 3.68. The second kappa shape index (κ2) is 16.5. The van der Waals surface area contributed by atoms with Gasteiger partial charge in [-0.25, -0.2) is 0 Å². The Morgan fingerprint density at radius 3 is 1.17 bits per heavy atom. The molecule has 0 amide bonds. The second-order valence-corrected chi connectivity index (χ2v) is 9.25. The van der Waals surface area contributed by atoms with Gasteiger partial charge in [-0.15, -0.1) is 0 Å². The summed E-state index contributed by atoms with van der Waals surface area (Å²) in [5, 5.41) is 0. The Morgan fingerprint density at radius 2 is 0.917 bits per heavy atom. The van der Waals surface area contributed by atoms with Crippen molar-refractivity contribution in [1.29, 1.82) is 0 Å². The van der Waals surface area contributed by atoms with Crippen LogP contribution < -0.4 is 9.05 Å². The summed E-state index contributed by atoms with van der Waals surface area (Å²) in [4.78, 5) is 0. The van der Waals surface area contributed by atoms with Crippen molar-refractivity contribution in [2.75, 3.05) is 0 Å². The van der Waals surface area contributed by atoms with Gasteiger partial charge in [0.25, 0.3) is 0 Å². The molecule has 0 aliphatic heterocycles. The standard InChI is InChI=1S/C12H11O2PS2.2C3H7.In/c16-15(17,13-11-7-3-1-4-8-11)14-12-9-5-2-6-10-12;2*1-3-2;/h1-10H,(H,16,17);2*3H,1-2H3;/q;;;+1/p-1. The molecule has 0 atom stereocenters. The first kappa shape index (κ1) is 26.3. The largest absolute Gasteiger partial charge is 1.00 e. The van der Waals surface area contributed by atoms with Gasteiger partial charge in [-0.1, -0.05) is 64.1 Å². The van der Waals surface area contributed by atoms with E-state index in [0.29, 0.717) is 11.5 Å². The van der Waals surface area contributed by atoms with Crippen LogP contribution in [0.2, 0.25) is 0 Å². The Morgan fingerprint density at radius 1 is 0.667 bits per heavy atom. The molecule has 0 N–H and O–H groups in total.